The number of anilines is 1. The highest BCUT2D eigenvalue weighted by Gasteiger charge is 2.24. The first-order valence-electron chi connectivity index (χ1n) is 8.27. The lowest BCUT2D eigenvalue weighted by Crippen LogP contribution is -2.29. The van der Waals surface area contributed by atoms with Gasteiger partial charge in [-0.3, -0.25) is 9.69 Å². The molecule has 2 N–H and O–H groups in total. The van der Waals surface area contributed by atoms with Crippen molar-refractivity contribution < 1.29 is 9.59 Å². The van der Waals surface area contributed by atoms with Gasteiger partial charge < -0.3 is 15.2 Å². The van der Waals surface area contributed by atoms with Gasteiger partial charge in [0.15, 0.2) is 5.13 Å². The number of urea groups is 1. The lowest BCUT2D eigenvalue weighted by molar-refractivity contribution is -0.129. The third-order valence-corrected chi connectivity index (χ3v) is 5.12. The number of likely N-dealkylation sites (N-methyl/N-ethyl adjacent to an activating group) is 1. The number of hydrogen-bond acceptors (Lipinski definition) is 5. The molecule has 4 rings (SSSR count). The fourth-order valence-electron chi connectivity index (χ4n) is 2.84. The molecule has 0 spiro atoms. The number of amides is 3. The van der Waals surface area contributed by atoms with Crippen LogP contribution in [0.15, 0.2) is 29.6 Å². The summed E-state index contributed by atoms with van der Waals surface area (Å²) in [6.45, 7) is 1.62. The number of imidazole rings is 1. The standard InChI is InChI=1S/C17H18N6O2S/c1-22(9-14-20-12-4-2-3-5-13(12)21-14)15(24)8-11-10-26-17(19-11)23-7-6-18-16(23)25/h2-5,10H,6-9H2,1H3,(H,18,25)(H,20,21). The van der Waals surface area contributed by atoms with E-state index in [1.807, 2.05) is 29.6 Å². The van der Waals surface area contributed by atoms with Crippen LogP contribution in [-0.2, 0) is 17.8 Å². The van der Waals surface area contributed by atoms with Crippen molar-refractivity contribution in [3.8, 4) is 0 Å². The average Bonchev–Trinajstić information content (AvgIpc) is 3.33. The van der Waals surface area contributed by atoms with Crippen LogP contribution in [0.2, 0.25) is 0 Å². The second-order valence-electron chi connectivity index (χ2n) is 6.13. The molecule has 0 aliphatic carbocycles. The molecule has 26 heavy (non-hydrogen) atoms. The molecule has 8 nitrogen and oxygen atoms in total. The van der Waals surface area contributed by atoms with Gasteiger partial charge in [-0.2, -0.15) is 0 Å². The van der Waals surface area contributed by atoms with Crippen molar-refractivity contribution >= 4 is 39.4 Å². The van der Waals surface area contributed by atoms with Gasteiger partial charge in [0.05, 0.1) is 29.7 Å². The highest BCUT2D eigenvalue weighted by Crippen LogP contribution is 2.22. The predicted molar refractivity (Wildman–Crippen MR) is 99.1 cm³/mol. The molecule has 0 unspecified atom stereocenters. The Labute approximate surface area is 153 Å². The number of H-pyrrole nitrogens is 1. The number of hydrogen-bond donors (Lipinski definition) is 2. The molecule has 1 saturated heterocycles. The maximum absolute atomic E-state index is 12.5. The normalized spacial score (nSPS) is 14.0. The smallest absolute Gasteiger partial charge is 0.323 e. The van der Waals surface area contributed by atoms with Crippen molar-refractivity contribution in [2.24, 2.45) is 0 Å². The molecule has 0 atom stereocenters. The Morgan fingerprint density at radius 1 is 1.35 bits per heavy atom. The zero-order valence-corrected chi connectivity index (χ0v) is 15.0. The van der Waals surface area contributed by atoms with Crippen LogP contribution in [-0.4, -0.2) is 51.9 Å². The van der Waals surface area contributed by atoms with E-state index in [1.54, 1.807) is 16.8 Å². The summed E-state index contributed by atoms with van der Waals surface area (Å²) in [7, 11) is 1.75. The van der Waals surface area contributed by atoms with Gasteiger partial charge in [0.2, 0.25) is 5.91 Å². The number of para-hydroxylation sites is 2. The first-order chi connectivity index (χ1) is 12.6. The fraction of sp³-hybridized carbons (Fsp3) is 0.294. The molecule has 0 saturated carbocycles. The SMILES string of the molecule is CN(Cc1nc2ccccc2[nH]1)C(=O)Cc1csc(N2CCNC2=O)n1. The Kier molecular flexibility index (Phi) is 4.29. The van der Waals surface area contributed by atoms with Gasteiger partial charge in [-0.15, -0.1) is 11.3 Å². The molecular weight excluding hydrogens is 352 g/mol. The van der Waals surface area contributed by atoms with Gasteiger partial charge >= 0.3 is 6.03 Å². The van der Waals surface area contributed by atoms with E-state index in [9.17, 15) is 9.59 Å². The minimum Gasteiger partial charge on any atom is -0.340 e. The first kappa shape index (κ1) is 16.5. The van der Waals surface area contributed by atoms with Crippen LogP contribution in [0, 0.1) is 0 Å². The van der Waals surface area contributed by atoms with Crippen LogP contribution in [0.1, 0.15) is 11.5 Å². The highest BCUT2D eigenvalue weighted by molar-refractivity contribution is 7.14. The summed E-state index contributed by atoms with van der Waals surface area (Å²) < 4.78 is 0. The monoisotopic (exact) mass is 370 g/mol. The number of carbonyl (C=O) groups is 2. The Hall–Kier alpha value is -2.94. The summed E-state index contributed by atoms with van der Waals surface area (Å²) >= 11 is 1.38. The summed E-state index contributed by atoms with van der Waals surface area (Å²) in [6.07, 6.45) is 0.197. The third kappa shape index (κ3) is 3.25. The maximum Gasteiger partial charge on any atom is 0.323 e. The van der Waals surface area contributed by atoms with Crippen LogP contribution in [0.3, 0.4) is 0 Å². The van der Waals surface area contributed by atoms with Gasteiger partial charge in [-0.05, 0) is 12.1 Å². The minimum atomic E-state index is -0.140. The zero-order chi connectivity index (χ0) is 18.1. The number of nitrogens with one attached hydrogen (secondary N) is 2. The highest BCUT2D eigenvalue weighted by atomic mass is 32.1. The quantitative estimate of drug-likeness (QED) is 0.715. The minimum absolute atomic E-state index is 0.0480. The van der Waals surface area contributed by atoms with Crippen molar-refractivity contribution in [3.63, 3.8) is 0 Å². The van der Waals surface area contributed by atoms with Gasteiger partial charge in [0.1, 0.15) is 5.82 Å². The number of carbonyl (C=O) groups excluding carboxylic acids is 2. The maximum atomic E-state index is 12.5. The first-order valence-corrected chi connectivity index (χ1v) is 9.15. The summed E-state index contributed by atoms with van der Waals surface area (Å²) in [6, 6.07) is 7.63. The van der Waals surface area contributed by atoms with Crippen molar-refractivity contribution in [1.82, 2.24) is 25.2 Å². The van der Waals surface area contributed by atoms with Crippen LogP contribution in [0.5, 0.6) is 0 Å². The fourth-order valence-corrected chi connectivity index (χ4v) is 3.69. The van der Waals surface area contributed by atoms with E-state index in [2.05, 4.69) is 20.3 Å². The second-order valence-corrected chi connectivity index (χ2v) is 6.97. The van der Waals surface area contributed by atoms with E-state index in [0.717, 1.165) is 16.9 Å². The molecule has 9 heteroatoms. The van der Waals surface area contributed by atoms with Gasteiger partial charge in [0.25, 0.3) is 0 Å². The van der Waals surface area contributed by atoms with Crippen molar-refractivity contribution in [2.75, 3.05) is 25.0 Å². The number of nitrogens with zero attached hydrogens (tertiary/aromatic N) is 4. The summed E-state index contributed by atoms with van der Waals surface area (Å²) in [5.74, 6) is 0.697. The number of thiazole rings is 1. The molecule has 2 aromatic heterocycles. The Morgan fingerprint density at radius 2 is 2.19 bits per heavy atom. The average molecular weight is 370 g/mol. The Morgan fingerprint density at radius 3 is 2.96 bits per heavy atom. The molecule has 1 aliphatic rings. The van der Waals surface area contributed by atoms with E-state index in [4.69, 9.17) is 0 Å². The van der Waals surface area contributed by atoms with Crippen molar-refractivity contribution in [1.29, 1.82) is 0 Å². The number of aromatic amines is 1. The molecule has 3 heterocycles. The molecule has 1 aromatic carbocycles. The molecule has 1 aliphatic heterocycles. The Bertz CT molecular complexity index is 932. The van der Waals surface area contributed by atoms with Crippen LogP contribution in [0.25, 0.3) is 11.0 Å². The summed E-state index contributed by atoms with van der Waals surface area (Å²) in [5.41, 5.74) is 2.51. The van der Waals surface area contributed by atoms with E-state index < -0.39 is 0 Å². The number of rotatable bonds is 5. The summed E-state index contributed by atoms with van der Waals surface area (Å²) in [5, 5.41) is 5.20. The van der Waals surface area contributed by atoms with Crippen molar-refractivity contribution in [2.45, 2.75) is 13.0 Å². The van der Waals surface area contributed by atoms with E-state index in [1.165, 1.54) is 11.3 Å². The number of fused-ring (bicyclic) bond motifs is 1. The van der Waals surface area contributed by atoms with E-state index in [0.29, 0.717) is 30.5 Å². The van der Waals surface area contributed by atoms with Crippen molar-refractivity contribution in [3.05, 3.63) is 41.2 Å². The lowest BCUT2D eigenvalue weighted by atomic mass is 10.3. The van der Waals surface area contributed by atoms with Crippen LogP contribution < -0.4 is 10.2 Å². The molecule has 0 radical (unpaired) electrons. The summed E-state index contributed by atoms with van der Waals surface area (Å²) in [4.78, 5) is 39.5. The molecule has 3 aromatic rings. The van der Waals surface area contributed by atoms with Crippen LogP contribution in [0.4, 0.5) is 9.93 Å². The van der Waals surface area contributed by atoms with E-state index in [-0.39, 0.29) is 18.4 Å². The van der Waals surface area contributed by atoms with Gasteiger partial charge in [-0.1, -0.05) is 12.1 Å². The Balaban J connectivity index is 1.39. The molecular formula is C17H18N6O2S. The van der Waals surface area contributed by atoms with E-state index >= 15 is 0 Å². The molecule has 1 fully saturated rings. The van der Waals surface area contributed by atoms with Gasteiger partial charge in [0, 0.05) is 25.5 Å². The second kappa shape index (κ2) is 6.75. The lowest BCUT2D eigenvalue weighted by Gasteiger charge is -2.15. The zero-order valence-electron chi connectivity index (χ0n) is 14.2. The number of aromatic nitrogens is 3. The van der Waals surface area contributed by atoms with Gasteiger partial charge in [-0.25, -0.2) is 14.8 Å². The molecule has 134 valence electrons. The largest absolute Gasteiger partial charge is 0.340 e. The number of benzene rings is 1. The molecule has 3 amide bonds. The topological polar surface area (TPSA) is 94.2 Å². The van der Waals surface area contributed by atoms with Crippen LogP contribution >= 0.6 is 11.3 Å². The third-order valence-electron chi connectivity index (χ3n) is 4.21. The molecule has 0 bridgehead atoms. The predicted octanol–water partition coefficient (Wildman–Crippen LogP) is 1.75.